The fraction of sp³-hybridized carbons (Fsp3) is 0. The van der Waals surface area contributed by atoms with Crippen LogP contribution in [-0.4, -0.2) is 0 Å². The van der Waals surface area contributed by atoms with Crippen molar-refractivity contribution < 1.29 is 0 Å². The topological polar surface area (TPSA) is 0 Å². The molecule has 3 atom stereocenters. The molecule has 0 bridgehead atoms. The van der Waals surface area contributed by atoms with Crippen molar-refractivity contribution in [1.82, 2.24) is 0 Å². The van der Waals surface area contributed by atoms with Crippen LogP contribution in [0.1, 0.15) is 0 Å². The standard InChI is InChI=1S/H2IP5/c1-3-5-4-2-6(3,4)5/h3,6H. The number of halogens is 1. The van der Waals surface area contributed by atoms with E-state index in [9.17, 15) is 0 Å². The molecule has 3 aliphatic rings. The average molecular weight is 284 g/mol. The van der Waals surface area contributed by atoms with Gasteiger partial charge < -0.3 is 0 Å². The Morgan fingerprint density at radius 2 is 2.50 bits per heavy atom. The molecule has 0 amide bonds. The summed E-state index contributed by atoms with van der Waals surface area (Å²) in [6, 6.07) is 0.0592. The molecular formula is H2IP5. The number of hydrogen-bond acceptors (Lipinski definition) is 0. The molecule has 0 fully saturated rings. The van der Waals surface area contributed by atoms with Crippen LogP contribution in [0.5, 0.6) is 0 Å². The van der Waals surface area contributed by atoms with Gasteiger partial charge in [0.15, 0.2) is 0 Å². The fourth-order valence-electron chi connectivity index (χ4n) is 0.718. The van der Waals surface area contributed by atoms with E-state index in [0.717, 1.165) is 12.4 Å². The van der Waals surface area contributed by atoms with Gasteiger partial charge in [-0.25, -0.2) is 0 Å². The predicted octanol–water partition coefficient (Wildman–Crippen LogP) is 4.66. The monoisotopic (exact) mass is 284 g/mol. The van der Waals surface area contributed by atoms with E-state index in [1.165, 1.54) is 0 Å². The van der Waals surface area contributed by atoms with Gasteiger partial charge in [-0.3, -0.25) is 0 Å². The van der Waals surface area contributed by atoms with E-state index in [0.29, 0.717) is 4.54 Å². The summed E-state index contributed by atoms with van der Waals surface area (Å²) < 4.78 is 0.556. The molecule has 0 radical (unpaired) electrons. The van der Waals surface area contributed by atoms with Gasteiger partial charge in [-0.2, -0.15) is 0 Å². The van der Waals surface area contributed by atoms with Crippen LogP contribution in [0.15, 0.2) is 0 Å². The van der Waals surface area contributed by atoms with E-state index in [1.54, 1.807) is 0 Å². The van der Waals surface area contributed by atoms with Crippen molar-refractivity contribution in [3.63, 3.8) is 0 Å². The SMILES string of the molecule is I[PH]1=P2=P3=P[PH]321. The van der Waals surface area contributed by atoms with Crippen molar-refractivity contribution in [1.29, 1.82) is 0 Å². The second-order valence-electron chi connectivity index (χ2n) is 1.63. The summed E-state index contributed by atoms with van der Waals surface area (Å²) in [5.41, 5.74) is 0. The molecule has 6 heavy (non-hydrogen) atoms. The molecule has 6 heteroatoms. The van der Waals surface area contributed by atoms with Gasteiger partial charge >= 0.3 is 52.5 Å². The molecule has 0 nitrogen and oxygen atoms in total. The van der Waals surface area contributed by atoms with E-state index in [1.807, 2.05) is 0 Å². The first-order valence-electron chi connectivity index (χ1n) is 1.73. The third-order valence-corrected chi connectivity index (χ3v) is 112. The molecule has 3 unspecified atom stereocenters. The first-order valence-corrected chi connectivity index (χ1v) is 17.7. The summed E-state index contributed by atoms with van der Waals surface area (Å²) in [7, 11) is 2.08. The molecule has 3 heterocycles. The van der Waals surface area contributed by atoms with Crippen LogP contribution in [0.2, 0.25) is 0 Å². The van der Waals surface area contributed by atoms with Gasteiger partial charge in [-0.15, -0.1) is 0 Å². The van der Waals surface area contributed by atoms with Crippen molar-refractivity contribution in [2.45, 2.75) is 0 Å². The summed E-state index contributed by atoms with van der Waals surface area (Å²) >= 11 is 2.79. The molecular weight excluding hydrogens is 282 g/mol. The fourth-order valence-corrected chi connectivity index (χ4v) is 210. The van der Waals surface area contributed by atoms with E-state index >= 15 is 0 Å². The molecule has 0 aromatic rings. The molecule has 34 valence electrons. The molecule has 3 aliphatic heterocycles. The minimum absolute atomic E-state index is 0.0592. The molecule has 0 aromatic carbocycles. The Bertz CT molecular complexity index is 294. The second kappa shape index (κ2) is 0.923. The van der Waals surface area contributed by atoms with E-state index < -0.39 is 0 Å². The Morgan fingerprint density at radius 1 is 1.83 bits per heavy atom. The summed E-state index contributed by atoms with van der Waals surface area (Å²) in [4.78, 5) is 0. The van der Waals surface area contributed by atoms with E-state index in [4.69, 9.17) is 0 Å². The quantitative estimate of drug-likeness (QED) is 0.448. The van der Waals surface area contributed by atoms with Crippen LogP contribution in [0.4, 0.5) is 0 Å². The van der Waals surface area contributed by atoms with Gasteiger partial charge in [0.2, 0.25) is 0 Å². The van der Waals surface area contributed by atoms with Crippen molar-refractivity contribution in [3.05, 3.63) is 0 Å². The maximum atomic E-state index is 2.79. The van der Waals surface area contributed by atoms with Crippen LogP contribution in [0.25, 0.3) is 0 Å². The predicted molar refractivity (Wildman–Crippen MR) is 51.4 cm³/mol. The molecule has 0 saturated heterocycles. The first-order chi connectivity index (χ1) is 2.87. The zero-order valence-electron chi connectivity index (χ0n) is 2.72. The van der Waals surface area contributed by atoms with Crippen molar-refractivity contribution >= 4 is 52.5 Å². The van der Waals surface area contributed by atoms with Crippen LogP contribution in [-0.2, 0) is 0 Å². The van der Waals surface area contributed by atoms with Crippen LogP contribution < -0.4 is 0 Å². The van der Waals surface area contributed by atoms with Crippen LogP contribution in [0.3, 0.4) is 0 Å². The van der Waals surface area contributed by atoms with E-state index in [2.05, 4.69) is 29.6 Å². The summed E-state index contributed by atoms with van der Waals surface area (Å²) in [5.74, 6) is 0. The average Bonchev–Trinajstić information content (AvgIpc) is 2.13. The molecule has 0 saturated carbocycles. The molecule has 1 spiro atoms. The third kappa shape index (κ3) is 0.259. The Morgan fingerprint density at radius 3 is 2.50 bits per heavy atom. The van der Waals surface area contributed by atoms with Crippen LogP contribution in [0, 0.1) is 0 Å². The molecule has 0 aromatic heterocycles. The Hall–Kier alpha value is 2.49. The number of rotatable bonds is 0. The molecule has 0 aliphatic carbocycles. The molecule has 3 rings (SSSR count). The summed E-state index contributed by atoms with van der Waals surface area (Å²) in [6.07, 6.45) is 2.02. The van der Waals surface area contributed by atoms with Gasteiger partial charge in [0.1, 0.15) is 0 Å². The van der Waals surface area contributed by atoms with Crippen molar-refractivity contribution in [3.8, 4) is 0 Å². The maximum absolute atomic E-state index is 2.79. The van der Waals surface area contributed by atoms with Gasteiger partial charge in [0.05, 0.1) is 0 Å². The molecule has 0 N–H and O–H groups in total. The van der Waals surface area contributed by atoms with Gasteiger partial charge in [-0.05, 0) is 0 Å². The minimum atomic E-state index is 0.0592. The Kier molecular flexibility index (Phi) is 0.666. The normalized spacial score (nSPS) is 69.2. The van der Waals surface area contributed by atoms with Crippen LogP contribution >= 0.6 is 52.5 Å². The first kappa shape index (κ1) is 4.33. The third-order valence-electron chi connectivity index (χ3n) is 1.33. The Balaban J connectivity index is 2.93. The summed E-state index contributed by atoms with van der Waals surface area (Å²) in [6.45, 7) is 0. The van der Waals surface area contributed by atoms with Gasteiger partial charge in [-0.1, -0.05) is 0 Å². The number of hydrogen-bond donors (Lipinski definition) is 0. The van der Waals surface area contributed by atoms with Crippen molar-refractivity contribution in [2.24, 2.45) is 0 Å². The van der Waals surface area contributed by atoms with Gasteiger partial charge in [0.25, 0.3) is 0 Å². The summed E-state index contributed by atoms with van der Waals surface area (Å²) in [5, 5.41) is 0. The second-order valence-corrected chi connectivity index (χ2v) is 49.9. The zero-order chi connectivity index (χ0) is 3.94. The Labute approximate surface area is 52.3 Å². The van der Waals surface area contributed by atoms with Gasteiger partial charge in [0, 0.05) is 0 Å². The van der Waals surface area contributed by atoms with E-state index in [-0.39, 0.29) is 6.02 Å². The zero-order valence-corrected chi connectivity index (χ0v) is 9.56. The van der Waals surface area contributed by atoms with Crippen molar-refractivity contribution in [2.75, 3.05) is 0 Å².